The van der Waals surface area contributed by atoms with Gasteiger partial charge in [-0.1, -0.05) is 12.1 Å². The van der Waals surface area contributed by atoms with E-state index in [4.69, 9.17) is 0 Å². The average Bonchev–Trinajstić information content (AvgIpc) is 2.45. The van der Waals surface area contributed by atoms with Crippen LogP contribution in [0.25, 0.3) is 0 Å². The van der Waals surface area contributed by atoms with Crippen molar-refractivity contribution in [3.63, 3.8) is 0 Å². The maximum absolute atomic E-state index is 11.9. The molecule has 0 spiro atoms. The second kappa shape index (κ2) is 5.14. The summed E-state index contributed by atoms with van der Waals surface area (Å²) < 4.78 is 0. The topological polar surface area (TPSA) is 78.8 Å². The molecule has 1 saturated carbocycles. The second-order valence-electron chi connectivity index (χ2n) is 5.40. The predicted molar refractivity (Wildman–Crippen MR) is 75.5 cm³/mol. The molecule has 6 heteroatoms. The van der Waals surface area contributed by atoms with Gasteiger partial charge in [0.1, 0.15) is 6.54 Å². The van der Waals surface area contributed by atoms with Gasteiger partial charge in [-0.25, -0.2) is 4.79 Å². The molecule has 2 aliphatic rings. The molecule has 1 N–H and O–H groups in total. The van der Waals surface area contributed by atoms with Crippen LogP contribution < -0.4 is 10.2 Å². The molecule has 2 fully saturated rings. The fraction of sp³-hybridized carbons (Fsp3) is 0.400. The fourth-order valence-corrected chi connectivity index (χ4v) is 2.82. The highest BCUT2D eigenvalue weighted by atomic mass is 16.2. The Bertz CT molecular complexity index is 645. The number of hydrogen-bond acceptors (Lipinski definition) is 4. The zero-order chi connectivity index (χ0) is 14.9. The van der Waals surface area contributed by atoms with Gasteiger partial charge in [0.2, 0.25) is 17.9 Å². The summed E-state index contributed by atoms with van der Waals surface area (Å²) in [5.74, 6) is -0.322. The first-order valence-electron chi connectivity index (χ1n) is 6.91. The van der Waals surface area contributed by atoms with E-state index in [1.54, 1.807) is 12.1 Å². The molecular weight excluding hydrogens is 270 g/mol. The van der Waals surface area contributed by atoms with Crippen molar-refractivity contribution in [1.29, 1.82) is 0 Å². The van der Waals surface area contributed by atoms with Crippen LogP contribution in [0.2, 0.25) is 0 Å². The zero-order valence-corrected chi connectivity index (χ0v) is 11.5. The van der Waals surface area contributed by atoms with Crippen LogP contribution in [0.1, 0.15) is 24.8 Å². The Morgan fingerprint density at radius 2 is 2.10 bits per heavy atom. The number of aliphatic imine (C=N–C) groups is 1. The third-order valence-corrected chi connectivity index (χ3v) is 4.18. The Labute approximate surface area is 121 Å². The molecule has 1 aliphatic carbocycles. The number of piperazine rings is 1. The molecular formula is C15H15N3O3. The van der Waals surface area contributed by atoms with Gasteiger partial charge in [-0.2, -0.15) is 4.99 Å². The fourth-order valence-electron chi connectivity index (χ4n) is 2.82. The van der Waals surface area contributed by atoms with E-state index in [1.165, 1.54) is 4.90 Å². The highest BCUT2D eigenvalue weighted by molar-refractivity contribution is 6.04. The monoisotopic (exact) mass is 285 g/mol. The summed E-state index contributed by atoms with van der Waals surface area (Å²) in [6, 6.07) is 7.36. The molecule has 3 rings (SSSR count). The van der Waals surface area contributed by atoms with Gasteiger partial charge in [0, 0.05) is 5.69 Å². The molecule has 6 nitrogen and oxygen atoms in total. The van der Waals surface area contributed by atoms with E-state index in [9.17, 15) is 14.4 Å². The number of anilines is 1. The summed E-state index contributed by atoms with van der Waals surface area (Å²) in [6.45, 7) is 0.0347. The number of nitrogens with zero attached hydrogens (tertiary/aromatic N) is 2. The first-order valence-corrected chi connectivity index (χ1v) is 6.91. The Hall–Kier alpha value is -2.46. The summed E-state index contributed by atoms with van der Waals surface area (Å²) in [5.41, 5.74) is 1.06. The molecule has 1 aromatic rings. The molecule has 0 bridgehead atoms. The number of benzene rings is 1. The SMILES string of the molecule is O=C=NC1(c2cccc(N3CC(=O)NCC3=O)c2)CCC1. The molecule has 0 aromatic heterocycles. The normalized spacial score (nSPS) is 20.3. The van der Waals surface area contributed by atoms with Gasteiger partial charge in [0.25, 0.3) is 0 Å². The van der Waals surface area contributed by atoms with Gasteiger partial charge < -0.3 is 10.2 Å². The zero-order valence-electron chi connectivity index (χ0n) is 11.5. The first-order chi connectivity index (χ1) is 10.1. The lowest BCUT2D eigenvalue weighted by Crippen LogP contribution is -2.51. The summed E-state index contributed by atoms with van der Waals surface area (Å²) in [5, 5.41) is 2.52. The smallest absolute Gasteiger partial charge is 0.246 e. The van der Waals surface area contributed by atoms with Gasteiger partial charge in [-0.3, -0.25) is 9.59 Å². The molecule has 1 saturated heterocycles. The van der Waals surface area contributed by atoms with Crippen molar-refractivity contribution in [2.45, 2.75) is 24.8 Å². The first kappa shape index (κ1) is 13.5. The van der Waals surface area contributed by atoms with Crippen LogP contribution >= 0.6 is 0 Å². The van der Waals surface area contributed by atoms with Crippen LogP contribution in [-0.4, -0.2) is 31.0 Å². The van der Waals surface area contributed by atoms with Crippen molar-refractivity contribution in [3.05, 3.63) is 29.8 Å². The summed E-state index contributed by atoms with van der Waals surface area (Å²) in [7, 11) is 0. The molecule has 1 heterocycles. The van der Waals surface area contributed by atoms with Gasteiger partial charge in [0.05, 0.1) is 12.1 Å². The van der Waals surface area contributed by atoms with Crippen LogP contribution in [0.15, 0.2) is 29.3 Å². The van der Waals surface area contributed by atoms with E-state index in [-0.39, 0.29) is 24.9 Å². The molecule has 108 valence electrons. The number of rotatable bonds is 3. The number of carbonyl (C=O) groups is 2. The minimum Gasteiger partial charge on any atom is -0.345 e. The van der Waals surface area contributed by atoms with E-state index in [1.807, 2.05) is 18.2 Å². The van der Waals surface area contributed by atoms with Crippen molar-refractivity contribution >= 4 is 23.6 Å². The van der Waals surface area contributed by atoms with Crippen molar-refractivity contribution in [3.8, 4) is 0 Å². The molecule has 0 radical (unpaired) electrons. The van der Waals surface area contributed by atoms with Crippen molar-refractivity contribution in [2.75, 3.05) is 18.0 Å². The second-order valence-corrected chi connectivity index (χ2v) is 5.40. The van der Waals surface area contributed by atoms with E-state index in [2.05, 4.69) is 10.3 Å². The minimum atomic E-state index is -0.501. The Kier molecular flexibility index (Phi) is 3.31. The highest BCUT2D eigenvalue weighted by Crippen LogP contribution is 2.45. The van der Waals surface area contributed by atoms with E-state index in [0.29, 0.717) is 5.69 Å². The van der Waals surface area contributed by atoms with E-state index >= 15 is 0 Å². The van der Waals surface area contributed by atoms with E-state index in [0.717, 1.165) is 24.8 Å². The Balaban J connectivity index is 1.94. The standard InChI is InChI=1S/C15H15N3O3/c19-10-17-15(5-2-6-15)11-3-1-4-12(7-11)18-9-13(20)16-8-14(18)21/h1,3-4,7H,2,5-6,8-9H2,(H,16,20). The van der Waals surface area contributed by atoms with Crippen molar-refractivity contribution in [2.24, 2.45) is 4.99 Å². The number of nitrogens with one attached hydrogen (secondary N) is 1. The predicted octanol–water partition coefficient (Wildman–Crippen LogP) is 0.864. The lowest BCUT2D eigenvalue weighted by molar-refractivity contribution is -0.128. The average molecular weight is 285 g/mol. The highest BCUT2D eigenvalue weighted by Gasteiger charge is 2.39. The van der Waals surface area contributed by atoms with E-state index < -0.39 is 5.54 Å². The van der Waals surface area contributed by atoms with Gasteiger partial charge in [0.15, 0.2) is 0 Å². The summed E-state index contributed by atoms with van der Waals surface area (Å²) in [6.07, 6.45) is 4.28. The van der Waals surface area contributed by atoms with Gasteiger partial charge >= 0.3 is 0 Å². The van der Waals surface area contributed by atoms with Crippen LogP contribution in [0, 0.1) is 0 Å². The van der Waals surface area contributed by atoms with Crippen molar-refractivity contribution < 1.29 is 14.4 Å². The van der Waals surface area contributed by atoms with Crippen molar-refractivity contribution in [1.82, 2.24) is 5.32 Å². The van der Waals surface area contributed by atoms with Crippen LogP contribution in [0.4, 0.5) is 5.69 Å². The number of carbonyl (C=O) groups excluding carboxylic acids is 3. The third kappa shape index (κ3) is 2.34. The lowest BCUT2D eigenvalue weighted by atomic mass is 9.72. The molecule has 1 aromatic carbocycles. The maximum atomic E-state index is 11.9. The van der Waals surface area contributed by atoms with Crippen LogP contribution in [0.5, 0.6) is 0 Å². The molecule has 2 amide bonds. The lowest BCUT2D eigenvalue weighted by Gasteiger charge is -2.37. The number of isocyanates is 1. The molecule has 0 atom stereocenters. The quantitative estimate of drug-likeness (QED) is 0.661. The third-order valence-electron chi connectivity index (χ3n) is 4.18. The molecule has 0 unspecified atom stereocenters. The molecule has 21 heavy (non-hydrogen) atoms. The Morgan fingerprint density at radius 3 is 2.76 bits per heavy atom. The van der Waals surface area contributed by atoms with Crippen LogP contribution in [0.3, 0.4) is 0 Å². The number of amides is 2. The largest absolute Gasteiger partial charge is 0.345 e. The summed E-state index contributed by atoms with van der Waals surface area (Å²) in [4.78, 5) is 39.5. The molecule has 1 aliphatic heterocycles. The minimum absolute atomic E-state index is 0.0146. The van der Waals surface area contributed by atoms with Gasteiger partial charge in [-0.05, 0) is 37.0 Å². The van der Waals surface area contributed by atoms with Crippen LogP contribution in [-0.2, 0) is 19.9 Å². The Morgan fingerprint density at radius 1 is 1.29 bits per heavy atom. The van der Waals surface area contributed by atoms with Gasteiger partial charge in [-0.15, -0.1) is 0 Å². The maximum Gasteiger partial charge on any atom is 0.246 e. The number of hydrogen-bond donors (Lipinski definition) is 1. The summed E-state index contributed by atoms with van der Waals surface area (Å²) >= 11 is 0.